The molecule has 1 saturated heterocycles. The van der Waals surface area contributed by atoms with Crippen LogP contribution >= 0.6 is 0 Å². The number of hydrogen-bond donors (Lipinski definition) is 0. The van der Waals surface area contributed by atoms with Gasteiger partial charge in [-0.3, -0.25) is 4.68 Å². The minimum absolute atomic E-state index is 0.577. The van der Waals surface area contributed by atoms with E-state index in [0.717, 1.165) is 66.2 Å². The largest absolute Gasteiger partial charge is 0.353 e. The molecule has 0 N–H and O–H groups in total. The molecule has 0 radical (unpaired) electrons. The summed E-state index contributed by atoms with van der Waals surface area (Å²) in [4.78, 5) is 23.4. The second-order valence-corrected chi connectivity index (χ2v) is 7.57. The van der Waals surface area contributed by atoms with Gasteiger partial charge in [-0.25, -0.2) is 19.9 Å². The maximum absolute atomic E-state index is 4.84. The highest BCUT2D eigenvalue weighted by Gasteiger charge is 2.28. The molecule has 0 aromatic carbocycles. The van der Waals surface area contributed by atoms with Crippen molar-refractivity contribution in [3.8, 4) is 0 Å². The summed E-state index contributed by atoms with van der Waals surface area (Å²) in [6, 6.07) is 2.11. The van der Waals surface area contributed by atoms with Crippen molar-refractivity contribution in [1.82, 2.24) is 29.7 Å². The molecule has 8 heteroatoms. The molecule has 2 fully saturated rings. The van der Waals surface area contributed by atoms with Crippen LogP contribution in [-0.2, 0) is 7.05 Å². The zero-order chi connectivity index (χ0) is 18.5. The molecule has 1 saturated carbocycles. The normalized spacial score (nSPS) is 17.7. The standard InChI is InChI=1S/C19H24N8/c1-12-10-16(24-17(21-12)14-4-5-14)26-6-8-27(9-7-26)19-15-11-20-25(3)18(15)22-13(2)23-19/h10-11,14H,4-9H2,1-3H3. The molecule has 8 nitrogen and oxygen atoms in total. The van der Waals surface area contributed by atoms with E-state index in [1.807, 2.05) is 24.9 Å². The minimum atomic E-state index is 0.577. The number of nitrogens with zero attached hydrogens (tertiary/aromatic N) is 8. The van der Waals surface area contributed by atoms with Crippen LogP contribution < -0.4 is 9.80 Å². The predicted molar refractivity (Wildman–Crippen MR) is 104 cm³/mol. The van der Waals surface area contributed by atoms with E-state index in [0.29, 0.717) is 5.92 Å². The third kappa shape index (κ3) is 2.98. The summed E-state index contributed by atoms with van der Waals surface area (Å²) in [5, 5.41) is 5.38. The Labute approximate surface area is 158 Å². The minimum Gasteiger partial charge on any atom is -0.353 e. The van der Waals surface area contributed by atoms with Gasteiger partial charge in [0.25, 0.3) is 0 Å². The van der Waals surface area contributed by atoms with Gasteiger partial charge in [0.05, 0.1) is 11.6 Å². The average Bonchev–Trinajstić information content (AvgIpc) is 3.45. The molecule has 0 bridgehead atoms. The predicted octanol–water partition coefficient (Wildman–Crippen LogP) is 1.97. The van der Waals surface area contributed by atoms with Gasteiger partial charge in [0.15, 0.2) is 5.65 Å². The Bertz CT molecular complexity index is 998. The number of aromatic nitrogens is 6. The third-order valence-electron chi connectivity index (χ3n) is 5.39. The van der Waals surface area contributed by atoms with E-state index in [9.17, 15) is 0 Å². The van der Waals surface area contributed by atoms with Crippen LogP contribution in [0.1, 0.15) is 36.1 Å². The maximum atomic E-state index is 4.84. The van der Waals surface area contributed by atoms with Crippen LogP contribution in [0.2, 0.25) is 0 Å². The van der Waals surface area contributed by atoms with Crippen LogP contribution in [0.25, 0.3) is 11.0 Å². The molecule has 0 atom stereocenters. The summed E-state index contributed by atoms with van der Waals surface area (Å²) in [6.07, 6.45) is 4.32. The second kappa shape index (κ2) is 6.14. The molecule has 140 valence electrons. The molecule has 3 aromatic rings. The van der Waals surface area contributed by atoms with E-state index in [1.54, 1.807) is 0 Å². The third-order valence-corrected chi connectivity index (χ3v) is 5.39. The topological polar surface area (TPSA) is 75.9 Å². The maximum Gasteiger partial charge on any atom is 0.163 e. The van der Waals surface area contributed by atoms with Crippen LogP contribution in [0.4, 0.5) is 11.6 Å². The fourth-order valence-electron chi connectivity index (χ4n) is 3.76. The lowest BCUT2D eigenvalue weighted by molar-refractivity contribution is 0.639. The molecule has 3 aromatic heterocycles. The van der Waals surface area contributed by atoms with Gasteiger partial charge in [-0.15, -0.1) is 0 Å². The molecular weight excluding hydrogens is 340 g/mol. The van der Waals surface area contributed by atoms with Gasteiger partial charge in [0.1, 0.15) is 23.3 Å². The molecule has 27 heavy (non-hydrogen) atoms. The van der Waals surface area contributed by atoms with Crippen LogP contribution in [0, 0.1) is 13.8 Å². The van der Waals surface area contributed by atoms with Crippen molar-refractivity contribution in [3.63, 3.8) is 0 Å². The van der Waals surface area contributed by atoms with Crippen LogP contribution in [0.3, 0.4) is 0 Å². The first-order chi connectivity index (χ1) is 13.1. The Kier molecular flexibility index (Phi) is 3.73. The first-order valence-electron chi connectivity index (χ1n) is 9.60. The highest BCUT2D eigenvalue weighted by molar-refractivity contribution is 5.87. The van der Waals surface area contributed by atoms with Crippen LogP contribution in [0.5, 0.6) is 0 Å². The smallest absolute Gasteiger partial charge is 0.163 e. The van der Waals surface area contributed by atoms with Crippen molar-refractivity contribution >= 4 is 22.7 Å². The molecule has 1 aliphatic carbocycles. The molecule has 5 rings (SSSR count). The SMILES string of the molecule is Cc1cc(N2CCN(c3nc(C)nc4c3cnn4C)CC2)nc(C2CC2)n1. The van der Waals surface area contributed by atoms with Gasteiger partial charge < -0.3 is 9.80 Å². The highest BCUT2D eigenvalue weighted by atomic mass is 15.3. The van der Waals surface area contributed by atoms with Gasteiger partial charge in [-0.2, -0.15) is 5.10 Å². The van der Waals surface area contributed by atoms with Gasteiger partial charge in [0, 0.05) is 50.9 Å². The monoisotopic (exact) mass is 364 g/mol. The quantitative estimate of drug-likeness (QED) is 0.703. The Morgan fingerprint density at radius 3 is 2.41 bits per heavy atom. The lowest BCUT2D eigenvalue weighted by atomic mass is 10.2. The lowest BCUT2D eigenvalue weighted by Gasteiger charge is -2.36. The number of fused-ring (bicyclic) bond motifs is 1. The molecule has 0 spiro atoms. The van der Waals surface area contributed by atoms with Gasteiger partial charge >= 0.3 is 0 Å². The summed E-state index contributed by atoms with van der Waals surface area (Å²) < 4.78 is 1.81. The highest BCUT2D eigenvalue weighted by Crippen LogP contribution is 2.38. The number of aryl methyl sites for hydroxylation is 3. The van der Waals surface area contributed by atoms with E-state index in [2.05, 4.69) is 37.9 Å². The van der Waals surface area contributed by atoms with Gasteiger partial charge in [-0.05, 0) is 26.7 Å². The van der Waals surface area contributed by atoms with Gasteiger partial charge in [0.2, 0.25) is 0 Å². The lowest BCUT2D eigenvalue weighted by Crippen LogP contribution is -2.47. The summed E-state index contributed by atoms with van der Waals surface area (Å²) in [6.45, 7) is 7.66. The molecular formula is C19H24N8. The number of hydrogen-bond acceptors (Lipinski definition) is 7. The molecule has 0 unspecified atom stereocenters. The fourth-order valence-corrected chi connectivity index (χ4v) is 3.76. The second-order valence-electron chi connectivity index (χ2n) is 7.57. The Morgan fingerprint density at radius 2 is 1.67 bits per heavy atom. The first kappa shape index (κ1) is 16.4. The average molecular weight is 364 g/mol. The van der Waals surface area contributed by atoms with Crippen LogP contribution in [-0.4, -0.2) is 55.9 Å². The van der Waals surface area contributed by atoms with Crippen molar-refractivity contribution in [1.29, 1.82) is 0 Å². The zero-order valence-electron chi connectivity index (χ0n) is 16.1. The Hall–Kier alpha value is -2.77. The number of rotatable bonds is 3. The molecule has 0 amide bonds. The van der Waals surface area contributed by atoms with Gasteiger partial charge in [-0.1, -0.05) is 0 Å². The molecule has 1 aliphatic heterocycles. The zero-order valence-corrected chi connectivity index (χ0v) is 16.1. The number of piperazine rings is 1. The Balaban J connectivity index is 1.38. The summed E-state index contributed by atoms with van der Waals surface area (Å²) in [5.74, 6) is 4.44. The summed E-state index contributed by atoms with van der Waals surface area (Å²) >= 11 is 0. The van der Waals surface area contributed by atoms with Crippen molar-refractivity contribution in [3.05, 3.63) is 29.6 Å². The van der Waals surface area contributed by atoms with E-state index < -0.39 is 0 Å². The van der Waals surface area contributed by atoms with E-state index >= 15 is 0 Å². The van der Waals surface area contributed by atoms with E-state index in [-0.39, 0.29) is 0 Å². The van der Waals surface area contributed by atoms with E-state index in [1.165, 1.54) is 12.8 Å². The summed E-state index contributed by atoms with van der Waals surface area (Å²) in [5.41, 5.74) is 1.95. The Morgan fingerprint density at radius 1 is 0.926 bits per heavy atom. The van der Waals surface area contributed by atoms with E-state index in [4.69, 9.17) is 9.97 Å². The molecule has 2 aliphatic rings. The number of anilines is 2. The van der Waals surface area contributed by atoms with Crippen molar-refractivity contribution < 1.29 is 0 Å². The fraction of sp³-hybridized carbons (Fsp3) is 0.526. The van der Waals surface area contributed by atoms with Crippen LogP contribution in [0.15, 0.2) is 12.3 Å². The van der Waals surface area contributed by atoms with Crippen molar-refractivity contribution in [2.75, 3.05) is 36.0 Å². The first-order valence-corrected chi connectivity index (χ1v) is 9.60. The van der Waals surface area contributed by atoms with Crippen molar-refractivity contribution in [2.45, 2.75) is 32.6 Å². The van der Waals surface area contributed by atoms with Crippen molar-refractivity contribution in [2.24, 2.45) is 7.05 Å². The molecule has 4 heterocycles. The summed E-state index contributed by atoms with van der Waals surface area (Å²) in [7, 11) is 1.92.